The van der Waals surface area contributed by atoms with Crippen LogP contribution < -0.4 is 15.4 Å². The molecule has 0 saturated carbocycles. The number of rotatable bonds is 8. The minimum atomic E-state index is -0.195. The molecule has 0 aromatic heterocycles. The van der Waals surface area contributed by atoms with Crippen LogP contribution in [0.2, 0.25) is 5.02 Å². The Kier molecular flexibility index (Phi) is 7.64. The van der Waals surface area contributed by atoms with Gasteiger partial charge in [0.25, 0.3) is 0 Å². The van der Waals surface area contributed by atoms with Crippen molar-refractivity contribution in [2.45, 2.75) is 13.8 Å². The van der Waals surface area contributed by atoms with E-state index in [4.69, 9.17) is 16.3 Å². The number of ether oxygens (including phenoxy) is 1. The maximum atomic E-state index is 12.3. The Bertz CT molecular complexity index is 794. The third-order valence-electron chi connectivity index (χ3n) is 4.10. The van der Waals surface area contributed by atoms with Gasteiger partial charge in [-0.3, -0.25) is 14.5 Å². The molecule has 0 unspecified atom stereocenters. The Hall–Kier alpha value is -2.57. The predicted molar refractivity (Wildman–Crippen MR) is 109 cm³/mol. The fraction of sp³-hybridized carbons (Fsp3) is 0.300. The second kappa shape index (κ2) is 9.94. The molecule has 2 N–H and O–H groups in total. The first-order valence-corrected chi connectivity index (χ1v) is 9.02. The fourth-order valence-corrected chi connectivity index (χ4v) is 2.67. The highest BCUT2D eigenvalue weighted by atomic mass is 35.5. The van der Waals surface area contributed by atoms with E-state index in [9.17, 15) is 9.59 Å². The maximum absolute atomic E-state index is 12.3. The van der Waals surface area contributed by atoms with E-state index in [0.717, 1.165) is 11.3 Å². The van der Waals surface area contributed by atoms with Crippen molar-refractivity contribution in [1.29, 1.82) is 0 Å². The topological polar surface area (TPSA) is 70.7 Å². The van der Waals surface area contributed by atoms with E-state index in [0.29, 0.717) is 22.9 Å². The highest BCUT2D eigenvalue weighted by Crippen LogP contribution is 2.22. The summed E-state index contributed by atoms with van der Waals surface area (Å²) in [7, 11) is 1.59. The Balaban J connectivity index is 1.88. The number of halogens is 1. The number of nitrogens with one attached hydrogen (secondary N) is 2. The van der Waals surface area contributed by atoms with Crippen LogP contribution in [-0.2, 0) is 9.59 Å². The summed E-state index contributed by atoms with van der Waals surface area (Å²) in [6.07, 6.45) is 0. The van der Waals surface area contributed by atoms with Gasteiger partial charge in [0.05, 0.1) is 20.2 Å². The molecule has 27 heavy (non-hydrogen) atoms. The first-order chi connectivity index (χ1) is 12.9. The number of likely N-dealkylation sites (N-methyl/N-ethyl adjacent to an activating group) is 1. The van der Waals surface area contributed by atoms with Crippen LogP contribution in [0.25, 0.3) is 0 Å². The molecule has 6 nitrogen and oxygen atoms in total. The Morgan fingerprint density at radius 3 is 2.26 bits per heavy atom. The molecule has 0 heterocycles. The zero-order valence-electron chi connectivity index (χ0n) is 15.7. The van der Waals surface area contributed by atoms with E-state index >= 15 is 0 Å². The number of nitrogens with zero attached hydrogens (tertiary/aromatic N) is 1. The highest BCUT2D eigenvalue weighted by Gasteiger charge is 2.14. The van der Waals surface area contributed by atoms with Gasteiger partial charge in [-0.2, -0.15) is 0 Å². The summed E-state index contributed by atoms with van der Waals surface area (Å²) in [5.41, 5.74) is 2.16. The Morgan fingerprint density at radius 2 is 1.67 bits per heavy atom. The summed E-state index contributed by atoms with van der Waals surface area (Å²) in [6, 6.07) is 12.4. The van der Waals surface area contributed by atoms with Crippen LogP contribution in [0, 0.1) is 6.92 Å². The van der Waals surface area contributed by atoms with E-state index in [1.807, 2.05) is 13.8 Å². The molecular formula is C20H24ClN3O3. The van der Waals surface area contributed by atoms with Crippen LogP contribution >= 0.6 is 11.6 Å². The van der Waals surface area contributed by atoms with Crippen LogP contribution in [0.4, 0.5) is 11.4 Å². The second-order valence-corrected chi connectivity index (χ2v) is 6.45. The summed E-state index contributed by atoms with van der Waals surface area (Å²) < 4.78 is 5.09. The molecule has 0 bridgehead atoms. The molecule has 2 aromatic carbocycles. The van der Waals surface area contributed by atoms with Gasteiger partial charge in [-0.05, 0) is 55.4 Å². The van der Waals surface area contributed by atoms with Crippen molar-refractivity contribution in [3.05, 3.63) is 53.1 Å². The number of anilines is 2. The number of benzene rings is 2. The molecule has 0 aliphatic heterocycles. The van der Waals surface area contributed by atoms with Crippen molar-refractivity contribution in [3.63, 3.8) is 0 Å². The largest absolute Gasteiger partial charge is 0.497 e. The minimum Gasteiger partial charge on any atom is -0.497 e. The summed E-state index contributed by atoms with van der Waals surface area (Å²) in [6.45, 7) is 4.54. The number of hydrogen-bond acceptors (Lipinski definition) is 4. The van der Waals surface area contributed by atoms with Crippen molar-refractivity contribution in [2.75, 3.05) is 37.4 Å². The number of carbonyl (C=O) groups excluding carboxylic acids is 2. The zero-order valence-corrected chi connectivity index (χ0v) is 16.5. The third kappa shape index (κ3) is 6.27. The van der Waals surface area contributed by atoms with Gasteiger partial charge in [-0.25, -0.2) is 0 Å². The lowest BCUT2D eigenvalue weighted by Gasteiger charge is -2.20. The molecule has 0 atom stereocenters. The molecule has 2 aromatic rings. The molecule has 0 radical (unpaired) electrons. The summed E-state index contributed by atoms with van der Waals surface area (Å²) in [5.74, 6) is 0.337. The van der Waals surface area contributed by atoms with Crippen molar-refractivity contribution < 1.29 is 14.3 Å². The first-order valence-electron chi connectivity index (χ1n) is 8.64. The van der Waals surface area contributed by atoms with Gasteiger partial charge >= 0.3 is 0 Å². The molecular weight excluding hydrogens is 366 g/mol. The monoisotopic (exact) mass is 389 g/mol. The fourth-order valence-electron chi connectivity index (χ4n) is 2.49. The molecule has 0 aliphatic rings. The molecule has 7 heteroatoms. The van der Waals surface area contributed by atoms with Gasteiger partial charge in [0.2, 0.25) is 11.8 Å². The van der Waals surface area contributed by atoms with Crippen molar-refractivity contribution in [2.24, 2.45) is 0 Å². The lowest BCUT2D eigenvalue weighted by atomic mass is 10.2. The highest BCUT2D eigenvalue weighted by molar-refractivity contribution is 6.31. The minimum absolute atomic E-state index is 0.110. The van der Waals surface area contributed by atoms with Gasteiger partial charge in [-0.1, -0.05) is 24.6 Å². The Morgan fingerprint density at radius 1 is 1.04 bits per heavy atom. The van der Waals surface area contributed by atoms with Gasteiger partial charge in [0.15, 0.2) is 0 Å². The molecule has 2 rings (SSSR count). The maximum Gasteiger partial charge on any atom is 0.238 e. The molecule has 0 fully saturated rings. The molecule has 2 amide bonds. The molecule has 0 saturated heterocycles. The van der Waals surface area contributed by atoms with Gasteiger partial charge in [-0.15, -0.1) is 0 Å². The number of hydrogen-bond donors (Lipinski definition) is 2. The first kappa shape index (κ1) is 20.7. The average Bonchev–Trinajstić information content (AvgIpc) is 2.65. The quantitative estimate of drug-likeness (QED) is 0.724. The van der Waals surface area contributed by atoms with Gasteiger partial charge in [0, 0.05) is 16.4 Å². The normalized spacial score (nSPS) is 10.6. The van der Waals surface area contributed by atoms with E-state index in [-0.39, 0.29) is 24.9 Å². The van der Waals surface area contributed by atoms with Gasteiger partial charge in [0.1, 0.15) is 5.75 Å². The summed E-state index contributed by atoms with van der Waals surface area (Å²) in [5, 5.41) is 6.25. The molecule has 144 valence electrons. The van der Waals surface area contributed by atoms with Crippen LogP contribution in [0.1, 0.15) is 12.5 Å². The van der Waals surface area contributed by atoms with Gasteiger partial charge < -0.3 is 15.4 Å². The van der Waals surface area contributed by atoms with Crippen molar-refractivity contribution in [3.8, 4) is 5.75 Å². The Labute approximate surface area is 164 Å². The van der Waals surface area contributed by atoms with E-state index < -0.39 is 0 Å². The average molecular weight is 390 g/mol. The smallest absolute Gasteiger partial charge is 0.238 e. The lowest BCUT2D eigenvalue weighted by molar-refractivity contribution is -0.119. The summed E-state index contributed by atoms with van der Waals surface area (Å²) >= 11 is 6.07. The third-order valence-corrected chi connectivity index (χ3v) is 4.51. The van der Waals surface area contributed by atoms with Crippen LogP contribution in [0.5, 0.6) is 5.75 Å². The standard InChI is InChI=1S/C20H24ClN3O3/c1-4-24(12-19(25)22-15-8-10-16(27-3)11-9-15)13-20(26)23-18-7-5-6-17(21)14(18)2/h5-11H,4,12-13H2,1-3H3,(H,22,25)(H,23,26). The van der Waals surface area contributed by atoms with Crippen molar-refractivity contribution >= 4 is 34.8 Å². The van der Waals surface area contributed by atoms with E-state index in [2.05, 4.69) is 10.6 Å². The number of carbonyl (C=O) groups is 2. The van der Waals surface area contributed by atoms with Crippen LogP contribution in [0.3, 0.4) is 0 Å². The second-order valence-electron chi connectivity index (χ2n) is 6.04. The number of amides is 2. The zero-order chi connectivity index (χ0) is 19.8. The lowest BCUT2D eigenvalue weighted by Crippen LogP contribution is -2.38. The summed E-state index contributed by atoms with van der Waals surface area (Å²) in [4.78, 5) is 26.3. The van der Waals surface area contributed by atoms with Crippen LogP contribution in [0.15, 0.2) is 42.5 Å². The molecule has 0 aliphatic carbocycles. The predicted octanol–water partition coefficient (Wildman–Crippen LogP) is 3.56. The van der Waals surface area contributed by atoms with E-state index in [1.165, 1.54) is 0 Å². The number of methoxy groups -OCH3 is 1. The van der Waals surface area contributed by atoms with Crippen molar-refractivity contribution in [1.82, 2.24) is 4.90 Å². The van der Waals surface area contributed by atoms with Crippen LogP contribution in [-0.4, -0.2) is 43.5 Å². The van der Waals surface area contributed by atoms with E-state index in [1.54, 1.807) is 54.5 Å². The molecule has 0 spiro atoms. The SMILES string of the molecule is CCN(CC(=O)Nc1ccc(OC)cc1)CC(=O)Nc1cccc(Cl)c1C.